The van der Waals surface area contributed by atoms with Crippen LogP contribution in [0.3, 0.4) is 0 Å². The zero-order valence-electron chi connectivity index (χ0n) is 20.9. The highest BCUT2D eigenvalue weighted by Crippen LogP contribution is 2.36. The summed E-state index contributed by atoms with van der Waals surface area (Å²) in [7, 11) is 1.52. The van der Waals surface area contributed by atoms with Crippen LogP contribution in [0, 0.1) is 0 Å². The molecule has 1 aliphatic rings. The summed E-state index contributed by atoms with van der Waals surface area (Å²) in [4.78, 5) is 32.3. The zero-order chi connectivity index (χ0) is 26.5. The van der Waals surface area contributed by atoms with Crippen molar-refractivity contribution in [3.8, 4) is 11.5 Å². The quantitative estimate of drug-likeness (QED) is 0.337. The Morgan fingerprint density at radius 1 is 1.24 bits per heavy atom. The Balaban J connectivity index is 1.63. The number of hydrogen-bond acceptors (Lipinski definition) is 7. The third-order valence-electron chi connectivity index (χ3n) is 6.16. The van der Waals surface area contributed by atoms with Gasteiger partial charge in [-0.2, -0.15) is 9.78 Å². The van der Waals surface area contributed by atoms with Crippen LogP contribution in [0.4, 0.5) is 0 Å². The van der Waals surface area contributed by atoms with Gasteiger partial charge >= 0.3 is 0 Å². The number of fused-ring (bicyclic) bond motifs is 1. The number of methoxy groups -OCH3 is 1. The number of aromatic nitrogens is 2. The molecule has 1 fully saturated rings. The fourth-order valence-electron chi connectivity index (χ4n) is 3.90. The SMILES string of the molecule is CC[C@@H](C)c1nc2ccc(Br)cc2c(=O)n1N=Cc1cc(Br)c(OCC(=O)N2CCOCC2)c(OC)c1. The third kappa shape index (κ3) is 6.22. The summed E-state index contributed by atoms with van der Waals surface area (Å²) in [5.74, 6) is 1.34. The average Bonchev–Trinajstić information content (AvgIpc) is 2.91. The molecule has 2 aromatic carbocycles. The van der Waals surface area contributed by atoms with E-state index in [1.54, 1.807) is 29.3 Å². The summed E-state index contributed by atoms with van der Waals surface area (Å²) in [6.45, 7) is 6.10. The molecule has 1 atom stereocenters. The lowest BCUT2D eigenvalue weighted by Gasteiger charge is -2.26. The third-order valence-corrected chi connectivity index (χ3v) is 7.25. The van der Waals surface area contributed by atoms with Gasteiger partial charge < -0.3 is 19.1 Å². The number of benzene rings is 2. The number of rotatable bonds is 8. The number of carbonyl (C=O) groups excluding carboxylic acids is 1. The smallest absolute Gasteiger partial charge is 0.282 e. The van der Waals surface area contributed by atoms with Crippen LogP contribution in [0.25, 0.3) is 10.9 Å². The van der Waals surface area contributed by atoms with Crippen LogP contribution in [0.1, 0.15) is 37.6 Å². The lowest BCUT2D eigenvalue weighted by atomic mass is 10.1. The fourth-order valence-corrected chi connectivity index (χ4v) is 4.83. The minimum Gasteiger partial charge on any atom is -0.493 e. The number of halogens is 2. The van der Waals surface area contributed by atoms with E-state index < -0.39 is 0 Å². The predicted molar refractivity (Wildman–Crippen MR) is 149 cm³/mol. The molecule has 0 N–H and O–H groups in total. The molecule has 1 aliphatic heterocycles. The Morgan fingerprint density at radius 3 is 2.70 bits per heavy atom. The molecular weight excluding hydrogens is 608 g/mol. The summed E-state index contributed by atoms with van der Waals surface area (Å²) in [6, 6.07) is 8.97. The van der Waals surface area contributed by atoms with Crippen LogP contribution >= 0.6 is 31.9 Å². The van der Waals surface area contributed by atoms with Crippen molar-refractivity contribution >= 4 is 54.9 Å². The van der Waals surface area contributed by atoms with Gasteiger partial charge in [0.2, 0.25) is 0 Å². The molecular formula is C26H28Br2N4O5. The molecule has 0 unspecified atom stereocenters. The molecule has 0 saturated carbocycles. The summed E-state index contributed by atoms with van der Waals surface area (Å²) < 4.78 is 19.4. The highest BCUT2D eigenvalue weighted by atomic mass is 79.9. The first-order chi connectivity index (χ1) is 17.8. The van der Waals surface area contributed by atoms with Gasteiger partial charge in [-0.1, -0.05) is 29.8 Å². The highest BCUT2D eigenvalue weighted by molar-refractivity contribution is 9.10. The van der Waals surface area contributed by atoms with Crippen molar-refractivity contribution in [2.75, 3.05) is 40.0 Å². The topological polar surface area (TPSA) is 95.3 Å². The highest BCUT2D eigenvalue weighted by Gasteiger charge is 2.20. The van der Waals surface area contributed by atoms with Crippen LogP contribution in [-0.2, 0) is 9.53 Å². The van der Waals surface area contributed by atoms with E-state index in [-0.39, 0.29) is 24.0 Å². The summed E-state index contributed by atoms with van der Waals surface area (Å²) >= 11 is 6.95. The minimum atomic E-state index is -0.245. The monoisotopic (exact) mass is 634 g/mol. The largest absolute Gasteiger partial charge is 0.493 e. The van der Waals surface area contributed by atoms with E-state index >= 15 is 0 Å². The Morgan fingerprint density at radius 2 is 2.00 bits per heavy atom. The molecule has 0 radical (unpaired) electrons. The Labute approximate surface area is 231 Å². The minimum absolute atomic E-state index is 0.0268. The molecule has 1 aromatic heterocycles. The first-order valence-corrected chi connectivity index (χ1v) is 13.5. The average molecular weight is 636 g/mol. The van der Waals surface area contributed by atoms with Crippen LogP contribution in [-0.4, -0.2) is 66.7 Å². The molecule has 37 heavy (non-hydrogen) atoms. The zero-order valence-corrected chi connectivity index (χ0v) is 24.0. The van der Waals surface area contributed by atoms with Crippen molar-refractivity contribution in [1.29, 1.82) is 0 Å². The molecule has 0 spiro atoms. The van der Waals surface area contributed by atoms with Crippen LogP contribution < -0.4 is 15.0 Å². The van der Waals surface area contributed by atoms with Gasteiger partial charge in [0.05, 0.1) is 41.9 Å². The molecule has 1 amide bonds. The van der Waals surface area contributed by atoms with E-state index in [1.165, 1.54) is 11.8 Å². The van der Waals surface area contributed by atoms with E-state index in [4.69, 9.17) is 19.2 Å². The Hall–Kier alpha value is -2.76. The van der Waals surface area contributed by atoms with E-state index in [0.29, 0.717) is 64.6 Å². The Kier molecular flexibility index (Phi) is 8.99. The van der Waals surface area contributed by atoms with Crippen LogP contribution in [0.15, 0.2) is 49.2 Å². The number of nitrogens with zero attached hydrogens (tertiary/aromatic N) is 4. The lowest BCUT2D eigenvalue weighted by Crippen LogP contribution is -2.43. The van der Waals surface area contributed by atoms with Gasteiger partial charge in [0.25, 0.3) is 11.5 Å². The summed E-state index contributed by atoms with van der Waals surface area (Å²) in [6.07, 6.45) is 2.38. The van der Waals surface area contributed by atoms with Crippen LogP contribution in [0.2, 0.25) is 0 Å². The first kappa shape index (κ1) is 27.3. The predicted octanol–water partition coefficient (Wildman–Crippen LogP) is 4.56. The van der Waals surface area contributed by atoms with Gasteiger partial charge in [-0.05, 0) is 58.2 Å². The maximum atomic E-state index is 13.4. The maximum absolute atomic E-state index is 13.4. The van der Waals surface area contributed by atoms with Gasteiger partial charge in [0.1, 0.15) is 5.82 Å². The molecule has 0 bridgehead atoms. The molecule has 0 aliphatic carbocycles. The molecule has 2 heterocycles. The van der Waals surface area contributed by atoms with Crippen LogP contribution in [0.5, 0.6) is 11.5 Å². The van der Waals surface area contributed by atoms with Gasteiger partial charge in [-0.3, -0.25) is 9.59 Å². The maximum Gasteiger partial charge on any atom is 0.282 e. The van der Waals surface area contributed by atoms with E-state index in [0.717, 1.165) is 10.9 Å². The molecule has 11 heteroatoms. The number of amides is 1. The number of morpholine rings is 1. The second kappa shape index (κ2) is 12.2. The van der Waals surface area contributed by atoms with Gasteiger partial charge in [-0.15, -0.1) is 0 Å². The van der Waals surface area contributed by atoms with Crippen molar-refractivity contribution in [2.24, 2.45) is 5.10 Å². The second-order valence-corrected chi connectivity index (χ2v) is 10.4. The fraction of sp³-hybridized carbons (Fsp3) is 0.385. The molecule has 1 saturated heterocycles. The summed E-state index contributed by atoms with van der Waals surface area (Å²) in [5, 5.41) is 5.00. The van der Waals surface area contributed by atoms with Gasteiger partial charge in [0.15, 0.2) is 18.1 Å². The Bertz CT molecular complexity index is 1390. The van der Waals surface area contributed by atoms with E-state index in [1.807, 2.05) is 26.0 Å². The molecule has 196 valence electrons. The van der Waals surface area contributed by atoms with Crippen molar-refractivity contribution in [3.63, 3.8) is 0 Å². The van der Waals surface area contributed by atoms with Crippen molar-refractivity contribution in [3.05, 3.63) is 61.0 Å². The standard InChI is InChI=1S/C26H28Br2N4O5/c1-4-16(2)25-30-21-6-5-18(27)13-19(21)26(34)32(25)29-14-17-11-20(28)24(22(12-17)35-3)37-15-23(33)31-7-9-36-10-8-31/h5-6,11-14,16H,4,7-10,15H2,1-3H3/t16-/m1/s1. The number of carbonyl (C=O) groups is 1. The second-order valence-electron chi connectivity index (χ2n) is 8.62. The van der Waals surface area contributed by atoms with E-state index in [9.17, 15) is 9.59 Å². The normalized spacial score (nSPS) is 14.8. The van der Waals surface area contributed by atoms with Crippen molar-refractivity contribution in [1.82, 2.24) is 14.6 Å². The summed E-state index contributed by atoms with van der Waals surface area (Å²) in [5.41, 5.74) is 1.06. The van der Waals surface area contributed by atoms with Gasteiger partial charge in [0, 0.05) is 23.5 Å². The van der Waals surface area contributed by atoms with E-state index in [2.05, 4.69) is 37.0 Å². The van der Waals surface area contributed by atoms with Crippen molar-refractivity contribution < 1.29 is 19.0 Å². The van der Waals surface area contributed by atoms with Crippen molar-refractivity contribution in [2.45, 2.75) is 26.2 Å². The lowest BCUT2D eigenvalue weighted by molar-refractivity contribution is -0.137. The molecule has 9 nitrogen and oxygen atoms in total. The molecule has 4 rings (SSSR count). The van der Waals surface area contributed by atoms with Gasteiger partial charge in [-0.25, -0.2) is 4.98 Å². The molecule has 3 aromatic rings. The first-order valence-electron chi connectivity index (χ1n) is 11.9. The number of ether oxygens (including phenoxy) is 3. The number of hydrogen-bond donors (Lipinski definition) is 0.